The molecule has 1 aromatic rings. The Morgan fingerprint density at radius 1 is 1.50 bits per heavy atom. The summed E-state index contributed by atoms with van der Waals surface area (Å²) in [6, 6.07) is 7.12. The lowest BCUT2D eigenvalue weighted by Crippen LogP contribution is -1.91. The molecule has 0 aromatic heterocycles. The molecule has 0 heterocycles. The molecule has 10 heavy (non-hydrogen) atoms. The molecular formula is C7H7O2P. The first-order valence-corrected chi connectivity index (χ1v) is 3.65. The fraction of sp³-hybridized carbons (Fsp3) is 0.143. The van der Waals surface area contributed by atoms with Gasteiger partial charge in [-0.15, -0.1) is 0 Å². The first-order chi connectivity index (χ1) is 4.86. The minimum Gasteiger partial charge on any atom is -0.497 e. The van der Waals surface area contributed by atoms with Gasteiger partial charge in [-0.3, -0.25) is 4.57 Å². The zero-order valence-electron chi connectivity index (χ0n) is 5.57. The zero-order chi connectivity index (χ0) is 7.40. The Kier molecular flexibility index (Phi) is 2.41. The fourth-order valence-electron chi connectivity index (χ4n) is 0.667. The van der Waals surface area contributed by atoms with Crippen molar-refractivity contribution in [3.05, 3.63) is 24.3 Å². The Morgan fingerprint density at radius 3 is 2.90 bits per heavy atom. The maximum absolute atomic E-state index is 10.3. The lowest BCUT2D eigenvalue weighted by atomic mass is 10.3. The van der Waals surface area contributed by atoms with Crippen molar-refractivity contribution in [2.75, 3.05) is 7.11 Å². The summed E-state index contributed by atoms with van der Waals surface area (Å²) in [6.07, 6.45) is 0. The van der Waals surface area contributed by atoms with Crippen LogP contribution in [-0.4, -0.2) is 7.11 Å². The van der Waals surface area contributed by atoms with Crippen molar-refractivity contribution in [3.63, 3.8) is 0 Å². The maximum atomic E-state index is 10.3. The quantitative estimate of drug-likeness (QED) is 0.605. The van der Waals surface area contributed by atoms with Crippen molar-refractivity contribution in [1.29, 1.82) is 0 Å². The molecule has 0 aliphatic heterocycles. The maximum Gasteiger partial charge on any atom is 0.192 e. The Balaban J connectivity index is 2.98. The first-order valence-electron chi connectivity index (χ1n) is 2.84. The van der Waals surface area contributed by atoms with E-state index in [4.69, 9.17) is 4.74 Å². The molecule has 0 bridgehead atoms. The molecule has 1 rings (SSSR count). The number of benzene rings is 1. The lowest BCUT2D eigenvalue weighted by molar-refractivity contribution is 0.415. The predicted octanol–water partition coefficient (Wildman–Crippen LogP) is 1.61. The molecule has 1 aromatic carbocycles. The summed E-state index contributed by atoms with van der Waals surface area (Å²) < 4.78 is 15.2. The summed E-state index contributed by atoms with van der Waals surface area (Å²) in [4.78, 5) is 0. The number of hydrogen-bond acceptors (Lipinski definition) is 2. The molecule has 0 aliphatic carbocycles. The summed E-state index contributed by atoms with van der Waals surface area (Å²) in [5.74, 6) is 0.737. The van der Waals surface area contributed by atoms with Crippen LogP contribution in [0.15, 0.2) is 24.3 Å². The van der Waals surface area contributed by atoms with Gasteiger partial charge in [0.2, 0.25) is 0 Å². The standard InChI is InChI=1S/C7H7O2P/c1-9-6-3-2-4-7(5-6)10-8/h2-5H,1H3. The minimum atomic E-state index is 0.0339. The third-order valence-corrected chi connectivity index (χ3v) is 1.65. The van der Waals surface area contributed by atoms with Crippen LogP contribution in [0.25, 0.3) is 0 Å². The predicted molar refractivity (Wildman–Crippen MR) is 40.2 cm³/mol. The smallest absolute Gasteiger partial charge is 0.192 e. The van der Waals surface area contributed by atoms with Crippen molar-refractivity contribution in [2.24, 2.45) is 0 Å². The third kappa shape index (κ3) is 1.55. The molecule has 0 aliphatic rings. The topological polar surface area (TPSA) is 26.3 Å². The molecule has 0 atom stereocenters. The van der Waals surface area contributed by atoms with E-state index in [9.17, 15) is 4.57 Å². The Bertz CT molecular complexity index is 235. The van der Waals surface area contributed by atoms with Gasteiger partial charge in [-0.25, -0.2) is 0 Å². The van der Waals surface area contributed by atoms with Gasteiger partial charge < -0.3 is 4.74 Å². The minimum absolute atomic E-state index is 0.0339. The molecule has 0 saturated carbocycles. The van der Waals surface area contributed by atoms with Crippen molar-refractivity contribution >= 4 is 13.8 Å². The summed E-state index contributed by atoms with van der Waals surface area (Å²) >= 11 is 0. The number of hydrogen-bond donors (Lipinski definition) is 0. The van der Waals surface area contributed by atoms with E-state index in [0.717, 1.165) is 11.1 Å². The van der Waals surface area contributed by atoms with Crippen LogP contribution in [0.1, 0.15) is 0 Å². The first kappa shape index (κ1) is 7.23. The molecule has 0 saturated heterocycles. The SMILES string of the molecule is COc1cccc(P=O)c1. The number of rotatable bonds is 2. The molecule has 0 N–H and O–H groups in total. The van der Waals surface area contributed by atoms with Crippen LogP contribution < -0.4 is 10.0 Å². The summed E-state index contributed by atoms with van der Waals surface area (Å²) in [5.41, 5.74) is 0. The van der Waals surface area contributed by atoms with Crippen LogP contribution in [0.2, 0.25) is 0 Å². The van der Waals surface area contributed by atoms with Gasteiger partial charge in [-0.05, 0) is 18.2 Å². The van der Waals surface area contributed by atoms with Gasteiger partial charge in [-0.2, -0.15) is 0 Å². The Hall–Kier alpha value is -0.880. The largest absolute Gasteiger partial charge is 0.497 e. The van der Waals surface area contributed by atoms with Gasteiger partial charge >= 0.3 is 0 Å². The van der Waals surface area contributed by atoms with Crippen LogP contribution in [-0.2, 0) is 4.57 Å². The van der Waals surface area contributed by atoms with Gasteiger partial charge in [0.25, 0.3) is 0 Å². The van der Waals surface area contributed by atoms with Crippen LogP contribution in [0.3, 0.4) is 0 Å². The highest BCUT2D eigenvalue weighted by molar-refractivity contribution is 7.34. The molecule has 0 unspecified atom stereocenters. The average Bonchev–Trinajstić information content (AvgIpc) is 2.05. The zero-order valence-corrected chi connectivity index (χ0v) is 6.47. The van der Waals surface area contributed by atoms with E-state index in [0.29, 0.717) is 0 Å². The molecule has 0 radical (unpaired) electrons. The Labute approximate surface area is 61.0 Å². The average molecular weight is 154 g/mol. The monoisotopic (exact) mass is 154 g/mol. The van der Waals surface area contributed by atoms with Gasteiger partial charge in [0.05, 0.1) is 7.11 Å². The van der Waals surface area contributed by atoms with E-state index >= 15 is 0 Å². The van der Waals surface area contributed by atoms with E-state index in [-0.39, 0.29) is 8.46 Å². The molecular weight excluding hydrogens is 147 g/mol. The second-order valence-electron chi connectivity index (χ2n) is 1.79. The second-order valence-corrected chi connectivity index (χ2v) is 2.49. The highest BCUT2D eigenvalue weighted by Gasteiger charge is 1.92. The molecule has 0 amide bonds. The summed E-state index contributed by atoms with van der Waals surface area (Å²) in [5, 5.41) is 0.736. The van der Waals surface area contributed by atoms with Crippen molar-refractivity contribution in [1.82, 2.24) is 0 Å². The van der Waals surface area contributed by atoms with Gasteiger partial charge in [0.15, 0.2) is 8.46 Å². The van der Waals surface area contributed by atoms with Crippen molar-refractivity contribution in [2.45, 2.75) is 0 Å². The Morgan fingerprint density at radius 2 is 2.30 bits per heavy atom. The molecule has 52 valence electrons. The molecule has 0 spiro atoms. The van der Waals surface area contributed by atoms with Crippen molar-refractivity contribution in [3.8, 4) is 5.75 Å². The van der Waals surface area contributed by atoms with E-state index in [1.54, 1.807) is 25.3 Å². The van der Waals surface area contributed by atoms with Crippen molar-refractivity contribution < 1.29 is 9.30 Å². The summed E-state index contributed by atoms with van der Waals surface area (Å²) in [7, 11) is 1.62. The lowest BCUT2D eigenvalue weighted by Gasteiger charge is -1.96. The van der Waals surface area contributed by atoms with Crippen LogP contribution in [0.4, 0.5) is 0 Å². The van der Waals surface area contributed by atoms with Gasteiger partial charge in [0.1, 0.15) is 5.75 Å². The van der Waals surface area contributed by atoms with E-state index < -0.39 is 0 Å². The normalized spacial score (nSPS) is 9.70. The number of methoxy groups -OCH3 is 1. The van der Waals surface area contributed by atoms with Crippen LogP contribution in [0, 0.1) is 0 Å². The molecule has 0 fully saturated rings. The third-order valence-electron chi connectivity index (χ3n) is 1.16. The van der Waals surface area contributed by atoms with E-state index in [1.165, 1.54) is 0 Å². The van der Waals surface area contributed by atoms with Crippen LogP contribution >= 0.6 is 8.46 Å². The van der Waals surface area contributed by atoms with Gasteiger partial charge in [-0.1, -0.05) is 6.07 Å². The highest BCUT2D eigenvalue weighted by atomic mass is 31.1. The van der Waals surface area contributed by atoms with E-state index in [2.05, 4.69) is 0 Å². The highest BCUT2D eigenvalue weighted by Crippen LogP contribution is 2.08. The second kappa shape index (κ2) is 3.33. The summed E-state index contributed by atoms with van der Waals surface area (Å²) in [6.45, 7) is 0. The molecule has 2 nitrogen and oxygen atoms in total. The molecule has 3 heteroatoms. The van der Waals surface area contributed by atoms with Gasteiger partial charge in [0, 0.05) is 5.30 Å². The number of ether oxygens (including phenoxy) is 1. The van der Waals surface area contributed by atoms with E-state index in [1.807, 2.05) is 6.07 Å². The van der Waals surface area contributed by atoms with Crippen LogP contribution in [0.5, 0.6) is 5.75 Å². The fourth-order valence-corrected chi connectivity index (χ4v) is 0.994.